The summed E-state index contributed by atoms with van der Waals surface area (Å²) in [5.41, 5.74) is 2.66. The first-order valence-corrected chi connectivity index (χ1v) is 7.38. The molecule has 5 heteroatoms. The minimum Gasteiger partial charge on any atom is -0.508 e. The van der Waals surface area contributed by atoms with Crippen LogP contribution in [0.15, 0.2) is 59.1 Å². The Balaban J connectivity index is 1.86. The molecule has 0 aliphatic rings. The summed E-state index contributed by atoms with van der Waals surface area (Å²) in [5.74, 6) is 2.65. The SMILES string of the molecule is Cc1ccc(-n2c(Cc3ccc(O)cc3)nc3cccnc32)o1. The summed E-state index contributed by atoms with van der Waals surface area (Å²) in [5, 5.41) is 9.43. The lowest BCUT2D eigenvalue weighted by atomic mass is 10.1. The van der Waals surface area contributed by atoms with Crippen LogP contribution in [0.2, 0.25) is 0 Å². The Kier molecular flexibility index (Phi) is 3.12. The molecule has 0 bridgehead atoms. The highest BCUT2D eigenvalue weighted by Crippen LogP contribution is 2.23. The van der Waals surface area contributed by atoms with Gasteiger partial charge in [0.25, 0.3) is 0 Å². The Bertz CT molecular complexity index is 968. The third kappa shape index (κ3) is 2.46. The molecule has 0 saturated carbocycles. The third-order valence-electron chi connectivity index (χ3n) is 3.73. The summed E-state index contributed by atoms with van der Waals surface area (Å²) in [7, 11) is 0. The largest absolute Gasteiger partial charge is 0.508 e. The molecule has 0 spiro atoms. The zero-order chi connectivity index (χ0) is 15.8. The molecular weight excluding hydrogens is 290 g/mol. The number of furan rings is 1. The molecule has 0 saturated heterocycles. The summed E-state index contributed by atoms with van der Waals surface area (Å²) in [6.07, 6.45) is 2.37. The first-order valence-electron chi connectivity index (χ1n) is 7.38. The molecule has 0 atom stereocenters. The predicted molar refractivity (Wildman–Crippen MR) is 86.8 cm³/mol. The van der Waals surface area contributed by atoms with Crippen molar-refractivity contribution in [1.82, 2.24) is 14.5 Å². The average molecular weight is 305 g/mol. The highest BCUT2D eigenvalue weighted by atomic mass is 16.4. The van der Waals surface area contributed by atoms with Gasteiger partial charge in [0.1, 0.15) is 22.9 Å². The van der Waals surface area contributed by atoms with E-state index in [4.69, 9.17) is 9.40 Å². The molecule has 23 heavy (non-hydrogen) atoms. The van der Waals surface area contributed by atoms with E-state index in [1.807, 2.05) is 47.9 Å². The number of benzene rings is 1. The number of fused-ring (bicyclic) bond motifs is 1. The van der Waals surface area contributed by atoms with Crippen molar-refractivity contribution < 1.29 is 9.52 Å². The van der Waals surface area contributed by atoms with Crippen LogP contribution >= 0.6 is 0 Å². The van der Waals surface area contributed by atoms with E-state index in [1.165, 1.54) is 0 Å². The van der Waals surface area contributed by atoms with Crippen LogP contribution in [-0.2, 0) is 6.42 Å². The van der Waals surface area contributed by atoms with Crippen LogP contribution in [0.3, 0.4) is 0 Å². The number of rotatable bonds is 3. The molecule has 1 N–H and O–H groups in total. The Hall–Kier alpha value is -3.08. The fourth-order valence-electron chi connectivity index (χ4n) is 2.65. The van der Waals surface area contributed by atoms with Gasteiger partial charge >= 0.3 is 0 Å². The number of phenols is 1. The number of aromatic nitrogens is 3. The molecule has 0 fully saturated rings. The number of hydrogen-bond donors (Lipinski definition) is 1. The van der Waals surface area contributed by atoms with Crippen molar-refractivity contribution in [2.24, 2.45) is 0 Å². The summed E-state index contributed by atoms with van der Waals surface area (Å²) in [6.45, 7) is 1.91. The maximum absolute atomic E-state index is 9.43. The van der Waals surface area contributed by atoms with Crippen molar-refractivity contribution in [3.05, 3.63) is 71.9 Å². The summed E-state index contributed by atoms with van der Waals surface area (Å²) >= 11 is 0. The second kappa shape index (κ2) is 5.28. The number of imidazole rings is 1. The van der Waals surface area contributed by atoms with Crippen LogP contribution < -0.4 is 0 Å². The van der Waals surface area contributed by atoms with Gasteiger partial charge in [-0.15, -0.1) is 0 Å². The molecule has 0 amide bonds. The van der Waals surface area contributed by atoms with E-state index in [2.05, 4.69) is 4.98 Å². The predicted octanol–water partition coefficient (Wildman–Crippen LogP) is 3.62. The van der Waals surface area contributed by atoms with E-state index >= 15 is 0 Å². The average Bonchev–Trinajstić information content (AvgIpc) is 3.12. The summed E-state index contributed by atoms with van der Waals surface area (Å²) in [6, 6.07) is 14.8. The maximum Gasteiger partial charge on any atom is 0.206 e. The molecule has 0 radical (unpaired) electrons. The molecular formula is C18H15N3O2. The Morgan fingerprint density at radius 2 is 1.91 bits per heavy atom. The zero-order valence-electron chi connectivity index (χ0n) is 12.6. The molecule has 3 heterocycles. The van der Waals surface area contributed by atoms with E-state index in [1.54, 1.807) is 18.3 Å². The normalized spacial score (nSPS) is 11.2. The van der Waals surface area contributed by atoms with Crippen molar-refractivity contribution in [3.63, 3.8) is 0 Å². The number of nitrogens with zero attached hydrogens (tertiary/aromatic N) is 3. The Morgan fingerprint density at radius 1 is 1.09 bits per heavy atom. The number of aromatic hydroxyl groups is 1. The molecule has 114 valence electrons. The van der Waals surface area contributed by atoms with Crippen LogP contribution in [0.5, 0.6) is 5.75 Å². The van der Waals surface area contributed by atoms with E-state index in [9.17, 15) is 5.11 Å². The third-order valence-corrected chi connectivity index (χ3v) is 3.73. The molecule has 0 aliphatic carbocycles. The fourth-order valence-corrected chi connectivity index (χ4v) is 2.65. The second-order valence-corrected chi connectivity index (χ2v) is 5.44. The fraction of sp³-hybridized carbons (Fsp3) is 0.111. The van der Waals surface area contributed by atoms with Gasteiger partial charge in [-0.25, -0.2) is 14.5 Å². The molecule has 1 aromatic carbocycles. The minimum atomic E-state index is 0.255. The highest BCUT2D eigenvalue weighted by molar-refractivity contribution is 5.73. The molecule has 0 unspecified atom stereocenters. The Labute approximate surface area is 132 Å². The van der Waals surface area contributed by atoms with Crippen LogP contribution in [0.1, 0.15) is 17.1 Å². The van der Waals surface area contributed by atoms with Crippen LogP contribution in [0.4, 0.5) is 0 Å². The van der Waals surface area contributed by atoms with Crippen molar-refractivity contribution in [2.75, 3.05) is 0 Å². The lowest BCUT2D eigenvalue weighted by Gasteiger charge is -2.06. The van der Waals surface area contributed by atoms with E-state index in [0.717, 1.165) is 28.3 Å². The van der Waals surface area contributed by atoms with Gasteiger partial charge in [-0.05, 0) is 42.8 Å². The quantitative estimate of drug-likeness (QED) is 0.628. The molecule has 0 aliphatic heterocycles. The van der Waals surface area contributed by atoms with Gasteiger partial charge < -0.3 is 9.52 Å². The number of aryl methyl sites for hydroxylation is 1. The smallest absolute Gasteiger partial charge is 0.206 e. The van der Waals surface area contributed by atoms with E-state index in [0.29, 0.717) is 12.3 Å². The monoisotopic (exact) mass is 305 g/mol. The second-order valence-electron chi connectivity index (χ2n) is 5.44. The minimum absolute atomic E-state index is 0.255. The van der Waals surface area contributed by atoms with Gasteiger partial charge in [-0.1, -0.05) is 12.1 Å². The summed E-state index contributed by atoms with van der Waals surface area (Å²) < 4.78 is 7.72. The van der Waals surface area contributed by atoms with Crippen LogP contribution in [0.25, 0.3) is 17.0 Å². The lowest BCUT2D eigenvalue weighted by Crippen LogP contribution is -2.02. The first kappa shape index (κ1) is 13.6. The van der Waals surface area contributed by atoms with Crippen molar-refractivity contribution in [3.8, 4) is 11.6 Å². The molecule has 4 rings (SSSR count). The lowest BCUT2D eigenvalue weighted by molar-refractivity contribution is 0.475. The van der Waals surface area contributed by atoms with Gasteiger partial charge in [0.15, 0.2) is 5.65 Å². The Morgan fingerprint density at radius 3 is 2.65 bits per heavy atom. The molecule has 5 nitrogen and oxygen atoms in total. The van der Waals surface area contributed by atoms with Crippen molar-refractivity contribution in [1.29, 1.82) is 0 Å². The van der Waals surface area contributed by atoms with Crippen molar-refractivity contribution >= 4 is 11.2 Å². The molecule has 3 aromatic heterocycles. The standard InChI is InChI=1S/C18H15N3O2/c1-12-4-9-17(23-12)21-16(11-13-5-7-14(22)8-6-13)20-15-3-2-10-19-18(15)21/h2-10,22H,11H2,1H3. The van der Waals surface area contributed by atoms with Gasteiger partial charge in [-0.3, -0.25) is 0 Å². The summed E-state index contributed by atoms with van der Waals surface area (Å²) in [4.78, 5) is 9.14. The van der Waals surface area contributed by atoms with E-state index in [-0.39, 0.29) is 5.75 Å². The van der Waals surface area contributed by atoms with E-state index < -0.39 is 0 Å². The van der Waals surface area contributed by atoms with Gasteiger partial charge in [0.2, 0.25) is 5.88 Å². The molecule has 4 aromatic rings. The topological polar surface area (TPSA) is 64.1 Å². The van der Waals surface area contributed by atoms with Gasteiger partial charge in [-0.2, -0.15) is 0 Å². The maximum atomic E-state index is 9.43. The number of hydrogen-bond acceptors (Lipinski definition) is 4. The van der Waals surface area contributed by atoms with Crippen molar-refractivity contribution in [2.45, 2.75) is 13.3 Å². The van der Waals surface area contributed by atoms with Gasteiger partial charge in [0.05, 0.1) is 0 Å². The first-order chi connectivity index (χ1) is 11.2. The number of phenolic OH excluding ortho intramolecular Hbond substituents is 1. The highest BCUT2D eigenvalue weighted by Gasteiger charge is 2.16. The zero-order valence-corrected chi connectivity index (χ0v) is 12.6. The number of pyridine rings is 1. The van der Waals surface area contributed by atoms with Gasteiger partial charge in [0, 0.05) is 18.7 Å². The van der Waals surface area contributed by atoms with Crippen LogP contribution in [-0.4, -0.2) is 19.6 Å². The van der Waals surface area contributed by atoms with Crippen LogP contribution in [0, 0.1) is 6.92 Å².